The van der Waals surface area contributed by atoms with Gasteiger partial charge in [-0.2, -0.15) is 0 Å². The van der Waals surface area contributed by atoms with Crippen LogP contribution in [0, 0.1) is 6.92 Å². The van der Waals surface area contributed by atoms with E-state index in [-0.39, 0.29) is 5.97 Å². The summed E-state index contributed by atoms with van der Waals surface area (Å²) < 4.78 is 4.58. The zero-order chi connectivity index (χ0) is 11.3. The van der Waals surface area contributed by atoms with E-state index in [2.05, 4.69) is 21.6 Å². The van der Waals surface area contributed by atoms with Crippen LogP contribution in [0.2, 0.25) is 0 Å². The Kier molecular flexibility index (Phi) is 4.34. The highest BCUT2D eigenvalue weighted by Gasteiger charge is 2.07. The van der Waals surface area contributed by atoms with Gasteiger partial charge in [-0.05, 0) is 13.3 Å². The van der Waals surface area contributed by atoms with Crippen molar-refractivity contribution in [2.24, 2.45) is 0 Å². The molecule has 0 amide bonds. The minimum Gasteiger partial charge on any atom is -0.469 e. The van der Waals surface area contributed by atoms with Crippen LogP contribution in [0.4, 0.5) is 0 Å². The Hall–Kier alpha value is -1.32. The van der Waals surface area contributed by atoms with E-state index < -0.39 is 0 Å². The van der Waals surface area contributed by atoms with Gasteiger partial charge >= 0.3 is 5.97 Å². The molecular formula is C11H18N2O2. The predicted octanol–water partition coefficient (Wildman–Crippen LogP) is 1.78. The largest absolute Gasteiger partial charge is 0.469 e. The quantitative estimate of drug-likeness (QED) is 0.754. The molecule has 0 saturated carbocycles. The van der Waals surface area contributed by atoms with Crippen LogP contribution in [-0.4, -0.2) is 23.0 Å². The molecule has 1 aromatic heterocycles. The number of rotatable bonds is 5. The van der Waals surface area contributed by atoms with Crippen molar-refractivity contribution in [1.82, 2.24) is 9.97 Å². The van der Waals surface area contributed by atoms with Gasteiger partial charge in [0, 0.05) is 12.1 Å². The fourth-order valence-corrected chi connectivity index (χ4v) is 1.48. The standard InChI is InChI=1S/C11H18N2O2/c1-4-5-9-8(2)12-10(13-9)6-7-11(14)15-3/h4-7H2,1-3H3,(H,12,13). The second-order valence-electron chi connectivity index (χ2n) is 3.58. The fraction of sp³-hybridized carbons (Fsp3) is 0.636. The highest BCUT2D eigenvalue weighted by Crippen LogP contribution is 2.09. The van der Waals surface area contributed by atoms with Gasteiger partial charge in [0.2, 0.25) is 0 Å². The second-order valence-corrected chi connectivity index (χ2v) is 3.58. The third-order valence-electron chi connectivity index (χ3n) is 2.31. The lowest BCUT2D eigenvalue weighted by atomic mass is 10.2. The van der Waals surface area contributed by atoms with Gasteiger partial charge in [-0.15, -0.1) is 0 Å². The first-order valence-corrected chi connectivity index (χ1v) is 5.28. The number of nitrogens with zero attached hydrogens (tertiary/aromatic N) is 1. The molecule has 0 atom stereocenters. The number of aryl methyl sites for hydroxylation is 3. The van der Waals surface area contributed by atoms with Gasteiger partial charge in [-0.1, -0.05) is 13.3 Å². The molecule has 15 heavy (non-hydrogen) atoms. The van der Waals surface area contributed by atoms with Crippen molar-refractivity contribution in [3.63, 3.8) is 0 Å². The second kappa shape index (κ2) is 5.53. The third kappa shape index (κ3) is 3.38. The minimum absolute atomic E-state index is 0.193. The van der Waals surface area contributed by atoms with E-state index in [4.69, 9.17) is 0 Å². The molecule has 84 valence electrons. The Morgan fingerprint density at radius 1 is 1.47 bits per heavy atom. The van der Waals surface area contributed by atoms with Crippen molar-refractivity contribution < 1.29 is 9.53 Å². The maximum atomic E-state index is 10.9. The minimum atomic E-state index is -0.193. The number of ether oxygens (including phenoxy) is 1. The lowest BCUT2D eigenvalue weighted by Gasteiger charge is -1.95. The van der Waals surface area contributed by atoms with E-state index in [0.717, 1.165) is 30.1 Å². The molecule has 4 heteroatoms. The smallest absolute Gasteiger partial charge is 0.305 e. The number of hydrogen-bond acceptors (Lipinski definition) is 3. The number of aromatic nitrogens is 2. The van der Waals surface area contributed by atoms with Gasteiger partial charge in [-0.25, -0.2) is 4.98 Å². The van der Waals surface area contributed by atoms with Crippen LogP contribution in [-0.2, 0) is 22.4 Å². The number of H-pyrrole nitrogens is 1. The monoisotopic (exact) mass is 210 g/mol. The Labute approximate surface area is 90.1 Å². The molecule has 0 radical (unpaired) electrons. The summed E-state index contributed by atoms with van der Waals surface area (Å²) in [4.78, 5) is 18.6. The average Bonchev–Trinajstić information content (AvgIpc) is 2.57. The number of imidazole rings is 1. The first-order valence-electron chi connectivity index (χ1n) is 5.28. The molecule has 0 aliphatic heterocycles. The van der Waals surface area contributed by atoms with Crippen molar-refractivity contribution in [3.05, 3.63) is 17.2 Å². The number of aromatic amines is 1. The van der Waals surface area contributed by atoms with E-state index in [1.165, 1.54) is 7.11 Å². The highest BCUT2D eigenvalue weighted by molar-refractivity contribution is 5.69. The van der Waals surface area contributed by atoms with Crippen molar-refractivity contribution in [2.45, 2.75) is 39.5 Å². The summed E-state index contributed by atoms with van der Waals surface area (Å²) in [6, 6.07) is 0. The van der Waals surface area contributed by atoms with Gasteiger partial charge in [0.05, 0.1) is 19.2 Å². The number of nitrogens with one attached hydrogen (secondary N) is 1. The molecule has 0 aliphatic rings. The van der Waals surface area contributed by atoms with Crippen molar-refractivity contribution in [3.8, 4) is 0 Å². The molecule has 0 bridgehead atoms. The molecule has 1 aromatic rings. The maximum absolute atomic E-state index is 10.9. The first-order chi connectivity index (χ1) is 7.17. The summed E-state index contributed by atoms with van der Waals surface area (Å²) >= 11 is 0. The summed E-state index contributed by atoms with van der Waals surface area (Å²) in [6.07, 6.45) is 3.08. The molecule has 0 unspecified atom stereocenters. The van der Waals surface area contributed by atoms with Crippen LogP contribution in [0.15, 0.2) is 0 Å². The van der Waals surface area contributed by atoms with Crippen molar-refractivity contribution in [1.29, 1.82) is 0 Å². The van der Waals surface area contributed by atoms with E-state index in [1.54, 1.807) is 0 Å². The number of esters is 1. The number of hydrogen-bond donors (Lipinski definition) is 1. The summed E-state index contributed by atoms with van der Waals surface area (Å²) in [5, 5.41) is 0. The zero-order valence-corrected chi connectivity index (χ0v) is 9.59. The maximum Gasteiger partial charge on any atom is 0.305 e. The third-order valence-corrected chi connectivity index (χ3v) is 2.31. The summed E-state index contributed by atoms with van der Waals surface area (Å²) in [6.45, 7) is 4.14. The van der Waals surface area contributed by atoms with Crippen LogP contribution in [0.25, 0.3) is 0 Å². The number of methoxy groups -OCH3 is 1. The first kappa shape index (κ1) is 11.8. The molecule has 0 spiro atoms. The van der Waals surface area contributed by atoms with Crippen LogP contribution >= 0.6 is 0 Å². The molecule has 0 aromatic carbocycles. The zero-order valence-electron chi connectivity index (χ0n) is 9.59. The molecular weight excluding hydrogens is 192 g/mol. The Balaban J connectivity index is 2.55. The SMILES string of the molecule is CCCc1nc(CCC(=O)OC)[nH]c1C. The summed E-state index contributed by atoms with van der Waals surface area (Å²) in [5.74, 6) is 0.683. The highest BCUT2D eigenvalue weighted by atomic mass is 16.5. The van der Waals surface area contributed by atoms with Crippen LogP contribution in [0.1, 0.15) is 37.0 Å². The fourth-order valence-electron chi connectivity index (χ4n) is 1.48. The van der Waals surface area contributed by atoms with Crippen LogP contribution < -0.4 is 0 Å². The van der Waals surface area contributed by atoms with E-state index in [9.17, 15) is 4.79 Å². The Bertz CT molecular complexity index is 331. The van der Waals surface area contributed by atoms with Gasteiger partial charge in [0.1, 0.15) is 5.82 Å². The Morgan fingerprint density at radius 3 is 2.80 bits per heavy atom. The molecule has 1 rings (SSSR count). The van der Waals surface area contributed by atoms with Crippen LogP contribution in [0.5, 0.6) is 0 Å². The molecule has 0 saturated heterocycles. The number of carbonyl (C=O) groups is 1. The van der Waals surface area contributed by atoms with Gasteiger partial charge in [0.15, 0.2) is 0 Å². The molecule has 4 nitrogen and oxygen atoms in total. The average molecular weight is 210 g/mol. The van der Waals surface area contributed by atoms with E-state index >= 15 is 0 Å². The lowest BCUT2D eigenvalue weighted by Crippen LogP contribution is -2.02. The van der Waals surface area contributed by atoms with E-state index in [0.29, 0.717) is 12.8 Å². The summed E-state index contributed by atoms with van der Waals surface area (Å²) in [5.41, 5.74) is 2.22. The Morgan fingerprint density at radius 2 is 2.20 bits per heavy atom. The lowest BCUT2D eigenvalue weighted by molar-refractivity contribution is -0.140. The predicted molar refractivity (Wildman–Crippen MR) is 57.7 cm³/mol. The van der Waals surface area contributed by atoms with Crippen molar-refractivity contribution >= 4 is 5.97 Å². The molecule has 1 N–H and O–H groups in total. The van der Waals surface area contributed by atoms with Crippen LogP contribution in [0.3, 0.4) is 0 Å². The van der Waals surface area contributed by atoms with E-state index in [1.807, 2.05) is 6.92 Å². The molecule has 0 aliphatic carbocycles. The molecule has 1 heterocycles. The molecule has 0 fully saturated rings. The topological polar surface area (TPSA) is 55.0 Å². The van der Waals surface area contributed by atoms with Gasteiger partial charge in [-0.3, -0.25) is 4.79 Å². The van der Waals surface area contributed by atoms with Crippen molar-refractivity contribution in [2.75, 3.05) is 7.11 Å². The number of carbonyl (C=O) groups excluding carboxylic acids is 1. The summed E-state index contributed by atoms with van der Waals surface area (Å²) in [7, 11) is 1.40. The van der Waals surface area contributed by atoms with Gasteiger partial charge < -0.3 is 9.72 Å². The normalized spacial score (nSPS) is 10.3. The van der Waals surface area contributed by atoms with Gasteiger partial charge in [0.25, 0.3) is 0 Å².